The van der Waals surface area contributed by atoms with Crippen molar-refractivity contribution in [3.63, 3.8) is 0 Å². The van der Waals surface area contributed by atoms with E-state index >= 15 is 0 Å². The number of nitrogens with zero attached hydrogens (tertiary/aromatic N) is 3. The number of hydrogen-bond donors (Lipinski definition) is 1. The number of anilines is 2. The van der Waals surface area contributed by atoms with Gasteiger partial charge in [0.15, 0.2) is 0 Å². The lowest BCUT2D eigenvalue weighted by Gasteiger charge is -2.12. The van der Waals surface area contributed by atoms with E-state index in [9.17, 15) is 0 Å². The number of likely N-dealkylation sites (N-methyl/N-ethyl adjacent to an activating group) is 1. The highest BCUT2D eigenvalue weighted by molar-refractivity contribution is 8.00. The second kappa shape index (κ2) is 6.91. The molecule has 3 heterocycles. The van der Waals surface area contributed by atoms with Gasteiger partial charge in [0, 0.05) is 49.2 Å². The van der Waals surface area contributed by atoms with Crippen LogP contribution in [-0.2, 0) is 13.5 Å². The third-order valence-electron chi connectivity index (χ3n) is 5.40. The number of aryl methyl sites for hydroxylation is 1. The first-order valence-electron chi connectivity index (χ1n) is 9.47. The molecule has 0 spiro atoms. The highest BCUT2D eigenvalue weighted by Gasteiger charge is 2.19. The van der Waals surface area contributed by atoms with E-state index in [1.807, 2.05) is 12.3 Å². The molecule has 0 fully saturated rings. The molecule has 2 aromatic heterocycles. The Morgan fingerprint density at radius 3 is 2.75 bits per heavy atom. The van der Waals surface area contributed by atoms with Gasteiger partial charge in [0.1, 0.15) is 5.65 Å². The van der Waals surface area contributed by atoms with Crippen molar-refractivity contribution < 1.29 is 0 Å². The predicted molar refractivity (Wildman–Crippen MR) is 119 cm³/mol. The van der Waals surface area contributed by atoms with Crippen molar-refractivity contribution in [3.05, 3.63) is 72.6 Å². The molecule has 140 valence electrons. The molecule has 1 N–H and O–H groups in total. The second-order valence-corrected chi connectivity index (χ2v) is 8.12. The first-order valence-corrected chi connectivity index (χ1v) is 10.3. The van der Waals surface area contributed by atoms with E-state index in [4.69, 9.17) is 0 Å². The summed E-state index contributed by atoms with van der Waals surface area (Å²) in [6, 6.07) is 19.3. The van der Waals surface area contributed by atoms with Crippen LogP contribution in [0, 0.1) is 0 Å². The van der Waals surface area contributed by atoms with E-state index in [0.29, 0.717) is 0 Å². The molecule has 0 bridgehead atoms. The Morgan fingerprint density at radius 2 is 1.89 bits per heavy atom. The Bertz CT molecular complexity index is 1150. The smallest absolute Gasteiger partial charge is 0.142 e. The van der Waals surface area contributed by atoms with Gasteiger partial charge in [-0.25, -0.2) is 4.98 Å². The summed E-state index contributed by atoms with van der Waals surface area (Å²) in [5, 5.41) is 1.17. The monoisotopic (exact) mass is 386 g/mol. The molecule has 2 aromatic carbocycles. The quantitative estimate of drug-likeness (QED) is 0.479. The van der Waals surface area contributed by atoms with Crippen LogP contribution in [0.4, 0.5) is 11.4 Å². The summed E-state index contributed by atoms with van der Waals surface area (Å²) in [5.74, 6) is 0. The molecule has 0 unspecified atom stereocenters. The van der Waals surface area contributed by atoms with Crippen LogP contribution in [0.15, 0.2) is 71.9 Å². The van der Waals surface area contributed by atoms with Gasteiger partial charge >= 0.3 is 0 Å². The van der Waals surface area contributed by atoms with Gasteiger partial charge in [-0.1, -0.05) is 24.3 Å². The molecular weight excluding hydrogens is 364 g/mol. The van der Waals surface area contributed by atoms with Gasteiger partial charge in [0.05, 0.1) is 11.1 Å². The maximum absolute atomic E-state index is 4.63. The minimum absolute atomic E-state index is 0.992. The lowest BCUT2D eigenvalue weighted by Crippen LogP contribution is -2.12. The summed E-state index contributed by atoms with van der Waals surface area (Å²) in [7, 11) is 4.23. The van der Waals surface area contributed by atoms with Crippen molar-refractivity contribution in [1.82, 2.24) is 9.55 Å². The normalized spacial score (nSPS) is 13.1. The summed E-state index contributed by atoms with van der Waals surface area (Å²) < 4.78 is 5.66. The van der Waals surface area contributed by atoms with Crippen LogP contribution in [0.25, 0.3) is 22.2 Å². The summed E-state index contributed by atoms with van der Waals surface area (Å²) in [6.45, 7) is 1.09. The molecule has 0 radical (unpaired) electrons. The number of aromatic nitrogens is 2. The topological polar surface area (TPSA) is 33.1 Å². The SMILES string of the molecule is CN1CCc2cc(-c3cn(C)c4nccc(NSc5ccccc5)c34)ccc21. The van der Waals surface area contributed by atoms with Gasteiger partial charge < -0.3 is 14.2 Å². The van der Waals surface area contributed by atoms with Gasteiger partial charge in [0.25, 0.3) is 0 Å². The molecule has 0 aliphatic carbocycles. The number of fused-ring (bicyclic) bond motifs is 2. The number of nitrogens with one attached hydrogen (secondary N) is 1. The van der Waals surface area contributed by atoms with Crippen LogP contribution >= 0.6 is 11.9 Å². The van der Waals surface area contributed by atoms with Crippen LogP contribution in [0.1, 0.15) is 5.56 Å². The van der Waals surface area contributed by atoms with Gasteiger partial charge in [0.2, 0.25) is 0 Å². The molecule has 0 saturated heterocycles. The largest absolute Gasteiger partial charge is 0.374 e. The van der Waals surface area contributed by atoms with Gasteiger partial charge in [-0.15, -0.1) is 0 Å². The lowest BCUT2D eigenvalue weighted by molar-refractivity contribution is 0.949. The Morgan fingerprint density at radius 1 is 1.04 bits per heavy atom. The first kappa shape index (κ1) is 17.2. The summed E-state index contributed by atoms with van der Waals surface area (Å²) in [6.07, 6.45) is 5.17. The highest BCUT2D eigenvalue weighted by atomic mass is 32.2. The van der Waals surface area contributed by atoms with Gasteiger partial charge in [-0.2, -0.15) is 0 Å². The Balaban J connectivity index is 1.58. The third-order valence-corrected chi connectivity index (χ3v) is 6.23. The Labute approximate surface area is 169 Å². The van der Waals surface area contributed by atoms with Crippen LogP contribution < -0.4 is 9.62 Å². The fraction of sp³-hybridized carbons (Fsp3) is 0.174. The summed E-state index contributed by atoms with van der Waals surface area (Å²) >= 11 is 1.63. The summed E-state index contributed by atoms with van der Waals surface area (Å²) in [5.41, 5.74) is 7.33. The molecule has 4 nitrogen and oxygen atoms in total. The molecule has 4 aromatic rings. The van der Waals surface area contributed by atoms with Crippen LogP contribution in [0.3, 0.4) is 0 Å². The van der Waals surface area contributed by atoms with E-state index in [-0.39, 0.29) is 0 Å². The zero-order chi connectivity index (χ0) is 19.1. The summed E-state index contributed by atoms with van der Waals surface area (Å²) in [4.78, 5) is 8.14. The van der Waals surface area contributed by atoms with Crippen LogP contribution in [0.2, 0.25) is 0 Å². The molecule has 0 atom stereocenters. The number of hydrogen-bond acceptors (Lipinski definition) is 4. The van der Waals surface area contributed by atoms with E-state index < -0.39 is 0 Å². The molecule has 5 heteroatoms. The molecule has 0 saturated carbocycles. The standard InChI is InChI=1S/C23H22N4S/c1-26-13-11-17-14-16(8-9-21(17)26)19-15-27(2)23-22(19)20(10-12-24-23)25-28-18-6-4-3-5-7-18/h3-10,12,14-15H,11,13H2,1-2H3,(H,24,25). The van der Waals surface area contributed by atoms with Crippen molar-refractivity contribution >= 4 is 34.4 Å². The number of rotatable bonds is 4. The molecule has 0 amide bonds. The average molecular weight is 387 g/mol. The Kier molecular flexibility index (Phi) is 4.24. The van der Waals surface area contributed by atoms with E-state index in [1.54, 1.807) is 11.9 Å². The third kappa shape index (κ3) is 2.92. The van der Waals surface area contributed by atoms with Crippen molar-refractivity contribution in [2.24, 2.45) is 7.05 Å². The lowest BCUT2D eigenvalue weighted by atomic mass is 10.0. The van der Waals surface area contributed by atoms with Crippen molar-refractivity contribution in [1.29, 1.82) is 0 Å². The van der Waals surface area contributed by atoms with Crippen molar-refractivity contribution in [2.75, 3.05) is 23.2 Å². The first-order chi connectivity index (χ1) is 13.7. The average Bonchev–Trinajstić information content (AvgIpc) is 3.27. The number of benzene rings is 2. The van der Waals surface area contributed by atoms with Crippen molar-refractivity contribution in [2.45, 2.75) is 11.3 Å². The second-order valence-electron chi connectivity index (χ2n) is 7.24. The highest BCUT2D eigenvalue weighted by Crippen LogP contribution is 2.38. The minimum Gasteiger partial charge on any atom is -0.374 e. The molecule has 28 heavy (non-hydrogen) atoms. The maximum atomic E-state index is 4.63. The fourth-order valence-corrected chi connectivity index (χ4v) is 4.63. The Hall–Kier alpha value is -2.92. The van der Waals surface area contributed by atoms with Crippen molar-refractivity contribution in [3.8, 4) is 11.1 Å². The predicted octanol–water partition coefficient (Wildman–Crippen LogP) is 5.35. The van der Waals surface area contributed by atoms with E-state index in [1.165, 1.54) is 32.7 Å². The fourth-order valence-electron chi connectivity index (χ4n) is 3.94. The number of pyridine rings is 1. The van der Waals surface area contributed by atoms with Gasteiger partial charge in [-0.05, 0) is 59.8 Å². The molecule has 1 aliphatic heterocycles. The van der Waals surface area contributed by atoms with Crippen LogP contribution in [-0.4, -0.2) is 23.1 Å². The van der Waals surface area contributed by atoms with Crippen LogP contribution in [0.5, 0.6) is 0 Å². The zero-order valence-electron chi connectivity index (χ0n) is 16.0. The molecule has 5 rings (SSSR count). The maximum Gasteiger partial charge on any atom is 0.142 e. The molecular formula is C23H22N4S. The van der Waals surface area contributed by atoms with Gasteiger partial charge in [-0.3, -0.25) is 0 Å². The van der Waals surface area contributed by atoms with E-state index in [2.05, 4.69) is 88.0 Å². The van der Waals surface area contributed by atoms with E-state index in [0.717, 1.165) is 24.3 Å². The zero-order valence-corrected chi connectivity index (χ0v) is 16.8. The molecule has 1 aliphatic rings. The minimum atomic E-state index is 0.992.